The fraction of sp³-hybridized carbons (Fsp3) is 0.792. The molecule has 0 aromatic carbocycles. The van der Waals surface area contributed by atoms with E-state index < -0.39 is 6.10 Å². The summed E-state index contributed by atoms with van der Waals surface area (Å²) in [6, 6.07) is 0. The Kier molecular flexibility index (Phi) is 45.9. The predicted molar refractivity (Wildman–Crippen MR) is 252 cm³/mol. The lowest BCUT2D eigenvalue weighted by atomic mass is 10.1. The average Bonchev–Trinajstić information content (AvgIpc) is 3.23. The maximum atomic E-state index is 12.8. The van der Waals surface area contributed by atoms with Gasteiger partial charge in [-0.1, -0.05) is 179 Å². The highest BCUT2D eigenvalue weighted by Crippen LogP contribution is 2.14. The third kappa shape index (κ3) is 46.3. The van der Waals surface area contributed by atoms with Gasteiger partial charge in [0.15, 0.2) is 6.10 Å². The Balaban J connectivity index is 4.42. The molecule has 1 unspecified atom stereocenters. The van der Waals surface area contributed by atoms with E-state index in [1.807, 2.05) is 0 Å². The minimum Gasteiger partial charge on any atom is -0.462 e. The molecule has 0 aromatic heterocycles. The van der Waals surface area contributed by atoms with Gasteiger partial charge in [-0.3, -0.25) is 14.4 Å². The normalized spacial score (nSPS) is 12.4. The molecule has 0 fully saturated rings. The molecule has 0 radical (unpaired) electrons. The molecule has 6 nitrogen and oxygen atoms in total. The summed E-state index contributed by atoms with van der Waals surface area (Å²) in [5.41, 5.74) is 0. The number of rotatable bonds is 45. The molecule has 0 spiro atoms. The van der Waals surface area contributed by atoms with Gasteiger partial charge in [0, 0.05) is 19.3 Å². The van der Waals surface area contributed by atoms with Gasteiger partial charge in [0.25, 0.3) is 0 Å². The first-order valence-corrected chi connectivity index (χ1v) is 25.1. The average molecular weight is 827 g/mol. The Labute approximate surface area is 365 Å². The van der Waals surface area contributed by atoms with E-state index in [9.17, 15) is 14.4 Å². The summed E-state index contributed by atoms with van der Waals surface area (Å²) in [5, 5.41) is 0. The number of hydrogen-bond donors (Lipinski definition) is 0. The maximum absolute atomic E-state index is 12.8. The van der Waals surface area contributed by atoms with Crippen molar-refractivity contribution < 1.29 is 28.6 Å². The van der Waals surface area contributed by atoms with E-state index in [-0.39, 0.29) is 31.1 Å². The van der Waals surface area contributed by atoms with Crippen LogP contribution in [0.3, 0.4) is 0 Å². The number of carbonyl (C=O) groups is 3. The summed E-state index contributed by atoms with van der Waals surface area (Å²) in [5.74, 6) is -0.912. The van der Waals surface area contributed by atoms with E-state index in [0.717, 1.165) is 96.3 Å². The van der Waals surface area contributed by atoms with Gasteiger partial charge in [-0.2, -0.15) is 0 Å². The number of esters is 3. The predicted octanol–water partition coefficient (Wildman–Crippen LogP) is 16.3. The molecule has 0 heterocycles. The molecule has 0 aliphatic rings. The zero-order valence-corrected chi connectivity index (χ0v) is 39.0. The van der Waals surface area contributed by atoms with Crippen molar-refractivity contribution in [1.82, 2.24) is 0 Å². The van der Waals surface area contributed by atoms with Crippen LogP contribution < -0.4 is 0 Å². The maximum Gasteiger partial charge on any atom is 0.306 e. The van der Waals surface area contributed by atoms with Gasteiger partial charge in [-0.15, -0.1) is 0 Å². The molecular formula is C53H94O6. The topological polar surface area (TPSA) is 78.9 Å². The van der Waals surface area contributed by atoms with Crippen LogP contribution in [0.4, 0.5) is 0 Å². The van der Waals surface area contributed by atoms with Crippen molar-refractivity contribution in [2.45, 2.75) is 258 Å². The van der Waals surface area contributed by atoms with Crippen LogP contribution in [0.15, 0.2) is 48.6 Å². The summed E-state index contributed by atoms with van der Waals surface area (Å²) < 4.78 is 16.7. The second kappa shape index (κ2) is 48.0. The summed E-state index contributed by atoms with van der Waals surface area (Å²) in [6.07, 6.45) is 56.6. The van der Waals surface area contributed by atoms with Crippen molar-refractivity contribution in [3.8, 4) is 0 Å². The fourth-order valence-electron chi connectivity index (χ4n) is 6.93. The molecule has 0 aliphatic carbocycles. The summed E-state index contributed by atoms with van der Waals surface area (Å²) >= 11 is 0. The number of unbranched alkanes of at least 4 members (excludes halogenated alkanes) is 26. The Morgan fingerprint density at radius 1 is 0.339 bits per heavy atom. The minimum atomic E-state index is -0.784. The van der Waals surface area contributed by atoms with Gasteiger partial charge in [0.2, 0.25) is 0 Å². The molecule has 0 amide bonds. The molecule has 1 atom stereocenters. The lowest BCUT2D eigenvalue weighted by Crippen LogP contribution is -2.30. The van der Waals surface area contributed by atoms with E-state index in [4.69, 9.17) is 14.2 Å². The van der Waals surface area contributed by atoms with Crippen LogP contribution in [0.25, 0.3) is 0 Å². The molecule has 0 rings (SSSR count). The van der Waals surface area contributed by atoms with E-state index >= 15 is 0 Å². The Morgan fingerprint density at radius 3 is 0.983 bits per heavy atom. The molecular weight excluding hydrogens is 733 g/mol. The zero-order valence-electron chi connectivity index (χ0n) is 39.0. The third-order valence-electron chi connectivity index (χ3n) is 10.8. The second-order valence-electron chi connectivity index (χ2n) is 16.7. The van der Waals surface area contributed by atoms with Gasteiger partial charge in [0.1, 0.15) is 13.2 Å². The molecule has 0 bridgehead atoms. The first kappa shape index (κ1) is 56.4. The first-order valence-electron chi connectivity index (χ1n) is 25.1. The lowest BCUT2D eigenvalue weighted by molar-refractivity contribution is -0.167. The quantitative estimate of drug-likeness (QED) is 0.0263. The molecule has 0 saturated heterocycles. The number of ether oxygens (including phenoxy) is 3. The van der Waals surface area contributed by atoms with Crippen LogP contribution in [-0.4, -0.2) is 37.2 Å². The van der Waals surface area contributed by atoms with Crippen molar-refractivity contribution in [3.63, 3.8) is 0 Å². The number of hydrogen-bond acceptors (Lipinski definition) is 6. The van der Waals surface area contributed by atoms with Gasteiger partial charge in [-0.05, 0) is 103 Å². The smallest absolute Gasteiger partial charge is 0.306 e. The van der Waals surface area contributed by atoms with Crippen LogP contribution in [0.2, 0.25) is 0 Å². The van der Waals surface area contributed by atoms with Crippen LogP contribution >= 0.6 is 0 Å². The van der Waals surface area contributed by atoms with E-state index in [1.165, 1.54) is 116 Å². The van der Waals surface area contributed by atoms with Gasteiger partial charge < -0.3 is 14.2 Å². The summed E-state index contributed by atoms with van der Waals surface area (Å²) in [6.45, 7) is 6.56. The van der Waals surface area contributed by atoms with Crippen LogP contribution in [0, 0.1) is 0 Å². The highest BCUT2D eigenvalue weighted by molar-refractivity contribution is 5.71. The van der Waals surface area contributed by atoms with Gasteiger partial charge >= 0.3 is 17.9 Å². The molecule has 6 heteroatoms. The Bertz CT molecular complexity index is 1040. The second-order valence-corrected chi connectivity index (χ2v) is 16.7. The van der Waals surface area contributed by atoms with Crippen LogP contribution in [0.1, 0.15) is 252 Å². The summed E-state index contributed by atoms with van der Waals surface area (Å²) in [7, 11) is 0. The number of carbonyl (C=O) groups excluding carboxylic acids is 3. The lowest BCUT2D eigenvalue weighted by Gasteiger charge is -2.18. The zero-order chi connectivity index (χ0) is 43.0. The minimum absolute atomic E-state index is 0.0849. The van der Waals surface area contributed by atoms with E-state index in [2.05, 4.69) is 69.4 Å². The standard InChI is InChI=1S/C53H94O6/c1-4-7-10-13-16-19-22-25-26-29-31-34-37-40-43-46-52(55)58-49-50(59-53(56)47-44-41-38-35-32-28-24-21-18-15-12-9-6-3)48-57-51(54)45-42-39-36-33-30-27-23-20-17-14-11-8-5-2/h16,19-21,23-26,50H,4-15,17-18,22,27-49H2,1-3H3/b19-16-,23-20-,24-21-,26-25-. The summed E-state index contributed by atoms with van der Waals surface area (Å²) in [4.78, 5) is 37.9. The van der Waals surface area contributed by atoms with Crippen molar-refractivity contribution in [1.29, 1.82) is 0 Å². The van der Waals surface area contributed by atoms with Crippen molar-refractivity contribution in [2.75, 3.05) is 13.2 Å². The van der Waals surface area contributed by atoms with Crippen molar-refractivity contribution >= 4 is 17.9 Å². The van der Waals surface area contributed by atoms with Crippen molar-refractivity contribution in [2.24, 2.45) is 0 Å². The molecule has 0 aromatic rings. The highest BCUT2D eigenvalue weighted by Gasteiger charge is 2.19. The molecule has 0 N–H and O–H groups in total. The molecule has 0 aliphatic heterocycles. The number of allylic oxidation sites excluding steroid dienone is 8. The largest absolute Gasteiger partial charge is 0.462 e. The SMILES string of the molecule is CCCCC/C=C\C/C=C\CCCCCCCC(=O)OCC(COC(=O)CCCCCCC/C=C\CCCCCC)OC(=O)CCCCCCC/C=C\CCCCCC. The van der Waals surface area contributed by atoms with Gasteiger partial charge in [-0.25, -0.2) is 0 Å². The van der Waals surface area contributed by atoms with Gasteiger partial charge in [0.05, 0.1) is 0 Å². The fourth-order valence-corrected chi connectivity index (χ4v) is 6.93. The Hall–Kier alpha value is -2.63. The van der Waals surface area contributed by atoms with Crippen LogP contribution in [-0.2, 0) is 28.6 Å². The Morgan fingerprint density at radius 2 is 0.610 bits per heavy atom. The van der Waals surface area contributed by atoms with Crippen LogP contribution in [0.5, 0.6) is 0 Å². The first-order chi connectivity index (χ1) is 29.0. The highest BCUT2D eigenvalue weighted by atomic mass is 16.6. The van der Waals surface area contributed by atoms with E-state index in [1.54, 1.807) is 0 Å². The molecule has 0 saturated carbocycles. The molecule has 342 valence electrons. The van der Waals surface area contributed by atoms with E-state index in [0.29, 0.717) is 19.3 Å². The monoisotopic (exact) mass is 827 g/mol. The third-order valence-corrected chi connectivity index (χ3v) is 10.8. The van der Waals surface area contributed by atoms with Crippen molar-refractivity contribution in [3.05, 3.63) is 48.6 Å². The molecule has 59 heavy (non-hydrogen) atoms.